The van der Waals surface area contributed by atoms with E-state index < -0.39 is 10.8 Å². The molecule has 22 heteroatoms. The van der Waals surface area contributed by atoms with Crippen LogP contribution in [-0.4, -0.2) is 211 Å². The third kappa shape index (κ3) is 49.1. The van der Waals surface area contributed by atoms with Gasteiger partial charge in [-0.2, -0.15) is 5.90 Å². The van der Waals surface area contributed by atoms with E-state index in [1.807, 2.05) is 6.92 Å². The van der Waals surface area contributed by atoms with Crippen LogP contribution in [0, 0.1) is 0 Å². The highest BCUT2D eigenvalue weighted by Gasteiger charge is 2.32. The highest BCUT2D eigenvalue weighted by Crippen LogP contribution is 2.23. The minimum Gasteiger partial charge on any atom is -0.491 e. The van der Waals surface area contributed by atoms with Crippen LogP contribution in [0.4, 0.5) is 0 Å². The number of hydrogen-bond donors (Lipinski definition) is 1. The molecule has 21 nitrogen and oxygen atoms in total. The number of hydrogen-bond acceptors (Lipinski definition) is 20. The molecule has 1 atom stereocenters. The third-order valence-electron chi connectivity index (χ3n) is 9.76. The van der Waals surface area contributed by atoms with Crippen molar-refractivity contribution in [3.05, 3.63) is 35.4 Å². The lowest BCUT2D eigenvalue weighted by molar-refractivity contribution is -0.0302. The van der Waals surface area contributed by atoms with Gasteiger partial charge in [-0.3, -0.25) is 0 Å². The van der Waals surface area contributed by atoms with E-state index in [1.54, 1.807) is 0 Å². The second-order valence-electron chi connectivity index (χ2n) is 15.6. The van der Waals surface area contributed by atoms with E-state index >= 15 is 0 Å². The molecule has 423 valence electrons. The Kier molecular flexibility index (Phi) is 52.4. The van der Waals surface area contributed by atoms with Crippen LogP contribution in [0.15, 0.2) is 24.3 Å². The van der Waals surface area contributed by atoms with Gasteiger partial charge in [0.25, 0.3) is 0 Å². The Hall–Kier alpha value is -1.85. The number of ether oxygens (including phenoxy) is 16. The lowest BCUT2D eigenvalue weighted by Gasteiger charge is -2.12. The summed E-state index contributed by atoms with van der Waals surface area (Å²) in [5.74, 6) is 5.43. The van der Waals surface area contributed by atoms with Gasteiger partial charge in [0.2, 0.25) is 0 Å². The first-order valence-corrected chi connectivity index (χ1v) is 27.2. The Labute approximate surface area is 432 Å². The summed E-state index contributed by atoms with van der Waals surface area (Å²) in [6.45, 7) is 18.1. The second kappa shape index (κ2) is 55.4. The number of nitrogens with two attached hydrogens (primary N) is 1. The summed E-state index contributed by atoms with van der Waals surface area (Å²) in [6, 6.07) is 6.53. The van der Waals surface area contributed by atoms with Gasteiger partial charge in [-0.15, -0.1) is 4.18 Å². The van der Waals surface area contributed by atoms with E-state index in [9.17, 15) is 8.76 Å². The van der Waals surface area contributed by atoms with Crippen molar-refractivity contribution in [2.75, 3.05) is 211 Å². The molecular weight excluding hydrogens is 967 g/mol. The van der Waals surface area contributed by atoms with Gasteiger partial charge in [0.15, 0.2) is 0 Å². The lowest BCUT2D eigenvalue weighted by Crippen LogP contribution is -2.22. The number of rotatable bonds is 60. The predicted molar refractivity (Wildman–Crippen MR) is 271 cm³/mol. The average Bonchev–Trinajstić information content (AvgIpc) is 3.38. The minimum atomic E-state index is -4.15. The summed E-state index contributed by atoms with van der Waals surface area (Å²) < 4.78 is 118. The van der Waals surface area contributed by atoms with E-state index in [0.29, 0.717) is 192 Å². The van der Waals surface area contributed by atoms with Gasteiger partial charge in [-0.05, 0) is 41.7 Å². The summed E-state index contributed by atoms with van der Waals surface area (Å²) in [6.07, 6.45) is 14.5. The predicted octanol–water partition coefficient (Wildman–Crippen LogP) is 5.22. The van der Waals surface area contributed by atoms with E-state index in [0.717, 1.165) is 17.7 Å². The molecular formula is C50H93NO20S+. The number of unbranched alkanes of at least 4 members (excludes halogenated alkanes) is 6. The van der Waals surface area contributed by atoms with Gasteiger partial charge in [-0.25, -0.2) is 0 Å². The zero-order chi connectivity index (χ0) is 51.8. The number of allylic oxidation sites excluding steroid dienone is 1. The highest BCUT2D eigenvalue weighted by molar-refractivity contribution is 7.88. The van der Waals surface area contributed by atoms with Crippen LogP contribution in [0.2, 0.25) is 0 Å². The van der Waals surface area contributed by atoms with Crippen molar-refractivity contribution < 1.29 is 93.0 Å². The molecule has 0 fully saturated rings. The van der Waals surface area contributed by atoms with Gasteiger partial charge in [0, 0.05) is 9.77 Å². The van der Waals surface area contributed by atoms with Crippen LogP contribution in [0.1, 0.15) is 69.9 Å². The quantitative estimate of drug-likeness (QED) is 0.0501. The Balaban J connectivity index is 1.70. The third-order valence-corrected chi connectivity index (χ3v) is 10.4. The Morgan fingerprint density at radius 2 is 0.708 bits per heavy atom. The first-order valence-electron chi connectivity index (χ1n) is 25.8. The van der Waals surface area contributed by atoms with Crippen LogP contribution < -0.4 is 10.6 Å². The first kappa shape index (κ1) is 68.2. The zero-order valence-electron chi connectivity index (χ0n) is 43.8. The van der Waals surface area contributed by atoms with E-state index in [1.165, 1.54) is 50.5 Å². The molecule has 0 saturated heterocycles. The molecule has 1 radical (unpaired) electrons. The Morgan fingerprint density at radius 3 is 1.01 bits per heavy atom. The van der Waals surface area contributed by atoms with Gasteiger partial charge in [0.1, 0.15) is 23.5 Å². The summed E-state index contributed by atoms with van der Waals surface area (Å²) in [5.41, 5.74) is 2.49. The zero-order valence-corrected chi connectivity index (χ0v) is 44.6. The molecule has 1 aromatic carbocycles. The Bertz CT molecular complexity index is 1340. The molecule has 1 aromatic rings. The van der Waals surface area contributed by atoms with Crippen LogP contribution in [0.3, 0.4) is 0 Å². The molecule has 2 N–H and O–H groups in total. The van der Waals surface area contributed by atoms with E-state index in [-0.39, 0.29) is 19.8 Å². The van der Waals surface area contributed by atoms with E-state index in [2.05, 4.69) is 51.6 Å². The maximum atomic E-state index is 10.8. The average molecular weight is 1060 g/mol. The van der Waals surface area contributed by atoms with Gasteiger partial charge >= 0.3 is 10.8 Å². The second-order valence-corrected chi connectivity index (χ2v) is 16.8. The summed E-state index contributed by atoms with van der Waals surface area (Å²) in [5, 5.41) is 0. The molecule has 0 amide bonds. The van der Waals surface area contributed by atoms with Crippen LogP contribution >= 0.6 is 0 Å². The molecule has 0 bridgehead atoms. The monoisotopic (exact) mass is 1060 g/mol. The molecule has 0 heterocycles. The smallest absolute Gasteiger partial charge is 0.491 e. The van der Waals surface area contributed by atoms with Crippen molar-refractivity contribution in [2.24, 2.45) is 5.90 Å². The number of aryl methyl sites for hydroxylation is 1. The SMILES string of the molecule is C/C=C/c1cc(CCCCCCCCC)ccc1OCCOCCOCCOCCOCCOCCOCCOCCOCCOCCOCCOCCOCCOCCOCCOCCO[S+]([O])(=O)ON. The highest BCUT2D eigenvalue weighted by atomic mass is 32.3. The molecule has 0 spiro atoms. The van der Waals surface area contributed by atoms with Crippen molar-refractivity contribution in [1.82, 2.24) is 0 Å². The van der Waals surface area contributed by atoms with Crippen LogP contribution in [0.25, 0.3) is 6.08 Å². The standard InChI is InChI=1S/C50H93NO20S/c1-3-5-6-7-8-9-10-12-48-13-14-50(49(47-48)11-4-2)69-45-43-67-41-39-65-37-35-63-33-31-61-29-27-59-25-23-57-21-19-55-17-15-54-16-18-56-20-22-58-24-26-60-28-30-62-32-34-64-36-38-66-40-42-68-44-46-70-72(52,53)71-51/h4,11,13-14,47H,3,5-10,12,15-46,51H2,1-2H3/q+1/b11-4+. The number of benzene rings is 1. The molecule has 1 unspecified atom stereocenters. The molecule has 0 aliphatic carbocycles. The topological polar surface area (TPSA) is 229 Å². The fraction of sp³-hybridized carbons (Fsp3) is 0.840. The molecule has 0 saturated carbocycles. The normalized spacial score (nSPS) is 12.7. The van der Waals surface area contributed by atoms with Gasteiger partial charge < -0.3 is 75.8 Å². The summed E-state index contributed by atoms with van der Waals surface area (Å²) in [4.78, 5) is 0. The van der Waals surface area contributed by atoms with Crippen molar-refractivity contribution in [3.63, 3.8) is 0 Å². The fourth-order valence-corrected chi connectivity index (χ4v) is 6.42. The maximum absolute atomic E-state index is 10.8. The van der Waals surface area contributed by atoms with Crippen LogP contribution in [-0.2, 0) is 105 Å². The largest absolute Gasteiger partial charge is 0.564 e. The molecule has 0 aliphatic heterocycles. The van der Waals surface area contributed by atoms with Crippen LogP contribution in [0.5, 0.6) is 5.75 Å². The van der Waals surface area contributed by atoms with Gasteiger partial charge in [0.05, 0.1) is 198 Å². The van der Waals surface area contributed by atoms with Crippen molar-refractivity contribution >= 4 is 16.9 Å². The van der Waals surface area contributed by atoms with E-state index in [4.69, 9.17) is 75.8 Å². The van der Waals surface area contributed by atoms with Gasteiger partial charge in [-0.1, -0.05) is 63.7 Å². The molecule has 0 aromatic heterocycles. The van der Waals surface area contributed by atoms with Crippen molar-refractivity contribution in [2.45, 2.75) is 65.2 Å². The van der Waals surface area contributed by atoms with Crippen molar-refractivity contribution in [1.29, 1.82) is 0 Å². The Morgan fingerprint density at radius 1 is 0.417 bits per heavy atom. The fourth-order valence-electron chi connectivity index (χ4n) is 6.10. The summed E-state index contributed by atoms with van der Waals surface area (Å²) >= 11 is 0. The summed E-state index contributed by atoms with van der Waals surface area (Å²) in [7, 11) is -4.15. The lowest BCUT2D eigenvalue weighted by atomic mass is 10.0. The minimum absolute atomic E-state index is 0.0561. The molecule has 0 aliphatic rings. The van der Waals surface area contributed by atoms with Crippen molar-refractivity contribution in [3.8, 4) is 5.75 Å². The molecule has 72 heavy (non-hydrogen) atoms. The maximum Gasteiger partial charge on any atom is 0.564 e. The first-order chi connectivity index (χ1) is 35.5. The molecule has 1 rings (SSSR count).